The fourth-order valence-electron chi connectivity index (χ4n) is 2.08. The van der Waals surface area contributed by atoms with Crippen LogP contribution in [0.1, 0.15) is 13.8 Å². The van der Waals surface area contributed by atoms with E-state index in [-0.39, 0.29) is 0 Å². The molecule has 0 amide bonds. The van der Waals surface area contributed by atoms with Crippen molar-refractivity contribution in [2.24, 2.45) is 0 Å². The van der Waals surface area contributed by atoms with E-state index in [1.165, 1.54) is 0 Å². The Morgan fingerprint density at radius 3 is 2.71 bits per heavy atom. The first-order chi connectivity index (χ1) is 10.1. The molecule has 2 rings (SSSR count). The Hall–Kier alpha value is -1.53. The maximum Gasteiger partial charge on any atom is 0.225 e. The quantitative estimate of drug-likeness (QED) is 0.730. The first-order valence-electron chi connectivity index (χ1n) is 7.01. The minimum absolute atomic E-state index is 0.445. The molecule has 1 aromatic carbocycles. The molecule has 3 N–H and O–H groups in total. The van der Waals surface area contributed by atoms with Crippen LogP contribution < -0.4 is 10.6 Å². The number of aromatic nitrogens is 2. The number of nitrogens with zero attached hydrogens (tertiary/aromatic N) is 2. The van der Waals surface area contributed by atoms with Gasteiger partial charge in [0.2, 0.25) is 5.95 Å². The standard InChI is InChI=1S/C15H22N4OS/c1-4-16-14-18-12-8-6-5-7-11(12)13(19-14)17-9-15(2,20)10-21-3/h5-8,20H,4,9-10H2,1-3H3,(H2,16,17,18,19). The Bertz CT molecular complexity index is 603. The Balaban J connectivity index is 2.28. The van der Waals surface area contributed by atoms with Crippen molar-refractivity contribution in [3.05, 3.63) is 24.3 Å². The predicted octanol–water partition coefficient (Wildman–Crippen LogP) is 2.59. The van der Waals surface area contributed by atoms with Gasteiger partial charge in [-0.05, 0) is 32.2 Å². The number of fused-ring (bicyclic) bond motifs is 1. The largest absolute Gasteiger partial charge is 0.387 e. The van der Waals surface area contributed by atoms with Crippen LogP contribution in [0.3, 0.4) is 0 Å². The lowest BCUT2D eigenvalue weighted by Gasteiger charge is -2.23. The van der Waals surface area contributed by atoms with E-state index in [0.29, 0.717) is 18.2 Å². The van der Waals surface area contributed by atoms with Crippen molar-refractivity contribution in [1.82, 2.24) is 9.97 Å². The van der Waals surface area contributed by atoms with Gasteiger partial charge in [-0.3, -0.25) is 0 Å². The predicted molar refractivity (Wildman–Crippen MR) is 91.2 cm³/mol. The van der Waals surface area contributed by atoms with E-state index in [0.717, 1.165) is 23.3 Å². The van der Waals surface area contributed by atoms with Gasteiger partial charge >= 0.3 is 0 Å². The highest BCUT2D eigenvalue weighted by Gasteiger charge is 2.20. The molecule has 1 aromatic heterocycles. The second-order valence-corrected chi connectivity index (χ2v) is 6.09. The summed E-state index contributed by atoms with van der Waals surface area (Å²) in [6, 6.07) is 7.86. The monoisotopic (exact) mass is 306 g/mol. The van der Waals surface area contributed by atoms with Crippen molar-refractivity contribution in [1.29, 1.82) is 0 Å². The molecule has 0 bridgehead atoms. The Morgan fingerprint density at radius 2 is 2.00 bits per heavy atom. The third kappa shape index (κ3) is 4.22. The molecule has 0 aliphatic rings. The minimum atomic E-state index is -0.774. The van der Waals surface area contributed by atoms with Gasteiger partial charge in [0.15, 0.2) is 0 Å². The van der Waals surface area contributed by atoms with E-state index in [9.17, 15) is 5.11 Å². The van der Waals surface area contributed by atoms with Gasteiger partial charge in [-0.2, -0.15) is 16.7 Å². The molecule has 0 saturated heterocycles. The van der Waals surface area contributed by atoms with Gasteiger partial charge < -0.3 is 15.7 Å². The number of hydrogen-bond donors (Lipinski definition) is 3. The molecule has 2 aromatic rings. The normalized spacial score (nSPS) is 13.9. The maximum atomic E-state index is 10.3. The highest BCUT2D eigenvalue weighted by atomic mass is 32.2. The molecule has 5 nitrogen and oxygen atoms in total. The average Bonchev–Trinajstić information content (AvgIpc) is 2.45. The van der Waals surface area contributed by atoms with Crippen LogP contribution >= 0.6 is 11.8 Å². The molecule has 1 unspecified atom stereocenters. The van der Waals surface area contributed by atoms with Gasteiger partial charge in [-0.1, -0.05) is 12.1 Å². The lowest BCUT2D eigenvalue weighted by molar-refractivity contribution is 0.0996. The number of anilines is 2. The summed E-state index contributed by atoms with van der Waals surface area (Å²) < 4.78 is 0. The molecule has 0 saturated carbocycles. The molecule has 0 radical (unpaired) electrons. The summed E-state index contributed by atoms with van der Waals surface area (Å²) in [6.45, 7) is 5.04. The lowest BCUT2D eigenvalue weighted by Crippen LogP contribution is -2.36. The average molecular weight is 306 g/mol. The molecule has 21 heavy (non-hydrogen) atoms. The van der Waals surface area contributed by atoms with Gasteiger partial charge in [-0.25, -0.2) is 4.98 Å². The van der Waals surface area contributed by atoms with E-state index in [4.69, 9.17) is 0 Å². The second-order valence-electron chi connectivity index (χ2n) is 5.23. The van der Waals surface area contributed by atoms with Gasteiger partial charge in [0, 0.05) is 24.2 Å². The van der Waals surface area contributed by atoms with Crippen molar-refractivity contribution in [3.8, 4) is 0 Å². The summed E-state index contributed by atoms with van der Waals surface area (Å²) in [5, 5.41) is 17.6. The molecule has 0 aliphatic carbocycles. The third-order valence-corrected chi connectivity index (χ3v) is 3.94. The van der Waals surface area contributed by atoms with Crippen LogP contribution in [-0.2, 0) is 0 Å². The fraction of sp³-hybridized carbons (Fsp3) is 0.467. The fourth-order valence-corrected chi connectivity index (χ4v) is 2.81. The van der Waals surface area contributed by atoms with E-state index in [2.05, 4.69) is 20.6 Å². The lowest BCUT2D eigenvalue weighted by atomic mass is 10.1. The molecule has 0 aliphatic heterocycles. The Kier molecular flexibility index (Phi) is 5.25. The van der Waals surface area contributed by atoms with Crippen LogP contribution in [0.15, 0.2) is 24.3 Å². The summed E-state index contributed by atoms with van der Waals surface area (Å²) in [5.74, 6) is 2.02. The van der Waals surface area contributed by atoms with Crippen molar-refractivity contribution in [2.45, 2.75) is 19.4 Å². The zero-order valence-electron chi connectivity index (χ0n) is 12.7. The summed E-state index contributed by atoms with van der Waals surface area (Å²) >= 11 is 1.62. The van der Waals surface area contributed by atoms with Gasteiger partial charge in [0.05, 0.1) is 11.1 Å². The van der Waals surface area contributed by atoms with Crippen LogP contribution in [0, 0.1) is 0 Å². The highest BCUT2D eigenvalue weighted by molar-refractivity contribution is 7.98. The second kappa shape index (κ2) is 6.95. The number of hydrogen-bond acceptors (Lipinski definition) is 6. The van der Waals surface area contributed by atoms with E-state index >= 15 is 0 Å². The zero-order chi connectivity index (χ0) is 15.3. The molecule has 0 spiro atoms. The summed E-state index contributed by atoms with van der Waals surface area (Å²) in [5.41, 5.74) is 0.111. The van der Waals surface area contributed by atoms with Gasteiger partial charge in [0.1, 0.15) is 5.82 Å². The maximum absolute atomic E-state index is 10.3. The van der Waals surface area contributed by atoms with Crippen LogP contribution in [0.2, 0.25) is 0 Å². The van der Waals surface area contributed by atoms with Crippen LogP contribution in [0.4, 0.5) is 11.8 Å². The van der Waals surface area contributed by atoms with E-state index in [1.54, 1.807) is 11.8 Å². The molecule has 6 heteroatoms. The molecule has 1 atom stereocenters. The molecule has 1 heterocycles. The van der Waals surface area contributed by atoms with Crippen molar-refractivity contribution < 1.29 is 5.11 Å². The first kappa shape index (κ1) is 15.9. The number of nitrogens with one attached hydrogen (secondary N) is 2. The summed E-state index contributed by atoms with van der Waals surface area (Å²) in [6.07, 6.45) is 1.98. The number of benzene rings is 1. The van der Waals surface area contributed by atoms with Crippen LogP contribution in [-0.4, -0.2) is 45.8 Å². The number of para-hydroxylation sites is 1. The summed E-state index contributed by atoms with van der Waals surface area (Å²) in [7, 11) is 0. The number of thioether (sulfide) groups is 1. The van der Waals surface area contributed by atoms with Gasteiger partial charge in [-0.15, -0.1) is 0 Å². The van der Waals surface area contributed by atoms with Crippen molar-refractivity contribution in [2.75, 3.05) is 35.7 Å². The zero-order valence-corrected chi connectivity index (χ0v) is 13.5. The SMILES string of the molecule is CCNc1nc(NCC(C)(O)CSC)c2ccccc2n1. The molecular weight excluding hydrogens is 284 g/mol. The van der Waals surface area contributed by atoms with Crippen LogP contribution in [0.5, 0.6) is 0 Å². The Morgan fingerprint density at radius 1 is 1.24 bits per heavy atom. The molecule has 114 valence electrons. The van der Waals surface area contributed by atoms with Gasteiger partial charge in [0.25, 0.3) is 0 Å². The van der Waals surface area contributed by atoms with Crippen molar-refractivity contribution in [3.63, 3.8) is 0 Å². The van der Waals surface area contributed by atoms with Crippen LogP contribution in [0.25, 0.3) is 10.9 Å². The number of rotatable bonds is 7. The van der Waals surface area contributed by atoms with E-state index in [1.807, 2.05) is 44.4 Å². The smallest absolute Gasteiger partial charge is 0.225 e. The topological polar surface area (TPSA) is 70.1 Å². The molecule has 0 fully saturated rings. The molecular formula is C15H22N4OS. The van der Waals surface area contributed by atoms with E-state index < -0.39 is 5.60 Å². The summed E-state index contributed by atoms with van der Waals surface area (Å²) in [4.78, 5) is 8.98. The minimum Gasteiger partial charge on any atom is -0.387 e. The number of aliphatic hydroxyl groups is 1. The first-order valence-corrected chi connectivity index (χ1v) is 8.41. The van der Waals surface area contributed by atoms with Crippen molar-refractivity contribution >= 4 is 34.4 Å². The highest BCUT2D eigenvalue weighted by Crippen LogP contribution is 2.22. The Labute approximate surface area is 129 Å². The third-order valence-electron chi connectivity index (χ3n) is 3.03.